The van der Waals surface area contributed by atoms with E-state index in [2.05, 4.69) is 32.6 Å². The summed E-state index contributed by atoms with van der Waals surface area (Å²) in [7, 11) is 3.63. The minimum Gasteiger partial charge on any atom is -0.493 e. The molecule has 114 valence electrons. The SMILES string of the molecule is CNCCCNCc1cc(Br)cc(OC)c1OC(C)C. The first-order chi connectivity index (χ1) is 9.58. The number of nitrogens with one attached hydrogen (secondary N) is 2. The number of hydrogen-bond donors (Lipinski definition) is 2. The zero-order valence-electron chi connectivity index (χ0n) is 12.8. The van der Waals surface area contributed by atoms with E-state index in [4.69, 9.17) is 9.47 Å². The highest BCUT2D eigenvalue weighted by Crippen LogP contribution is 2.35. The van der Waals surface area contributed by atoms with E-state index >= 15 is 0 Å². The van der Waals surface area contributed by atoms with Gasteiger partial charge in [-0.05, 0) is 52.5 Å². The average Bonchev–Trinajstić information content (AvgIpc) is 2.40. The van der Waals surface area contributed by atoms with Gasteiger partial charge in [0.1, 0.15) is 0 Å². The van der Waals surface area contributed by atoms with Crippen LogP contribution in [0.1, 0.15) is 25.8 Å². The molecule has 0 aliphatic rings. The lowest BCUT2D eigenvalue weighted by molar-refractivity contribution is 0.227. The molecule has 0 heterocycles. The van der Waals surface area contributed by atoms with Crippen molar-refractivity contribution in [3.63, 3.8) is 0 Å². The Bertz CT molecular complexity index is 411. The lowest BCUT2D eigenvalue weighted by Crippen LogP contribution is -2.20. The summed E-state index contributed by atoms with van der Waals surface area (Å²) in [6.07, 6.45) is 1.22. The Hall–Kier alpha value is -0.780. The van der Waals surface area contributed by atoms with Crippen molar-refractivity contribution >= 4 is 15.9 Å². The molecule has 0 radical (unpaired) electrons. The van der Waals surface area contributed by atoms with E-state index in [0.717, 1.165) is 47.6 Å². The van der Waals surface area contributed by atoms with E-state index in [1.807, 2.05) is 27.0 Å². The summed E-state index contributed by atoms with van der Waals surface area (Å²) < 4.78 is 12.3. The average molecular weight is 345 g/mol. The van der Waals surface area contributed by atoms with Crippen LogP contribution >= 0.6 is 15.9 Å². The molecular weight excluding hydrogens is 320 g/mol. The monoisotopic (exact) mass is 344 g/mol. The predicted molar refractivity (Wildman–Crippen MR) is 86.7 cm³/mol. The molecule has 4 nitrogen and oxygen atoms in total. The third-order valence-electron chi connectivity index (χ3n) is 2.77. The molecule has 1 rings (SSSR count). The molecule has 0 spiro atoms. The summed E-state index contributed by atoms with van der Waals surface area (Å²) in [5.74, 6) is 1.59. The Labute approximate surface area is 130 Å². The van der Waals surface area contributed by atoms with Gasteiger partial charge in [0.15, 0.2) is 11.5 Å². The van der Waals surface area contributed by atoms with Crippen molar-refractivity contribution < 1.29 is 9.47 Å². The van der Waals surface area contributed by atoms with E-state index in [-0.39, 0.29) is 6.10 Å². The summed E-state index contributed by atoms with van der Waals surface area (Å²) in [6, 6.07) is 4.01. The molecule has 0 saturated carbocycles. The minimum atomic E-state index is 0.119. The molecule has 0 aliphatic carbocycles. The van der Waals surface area contributed by atoms with Crippen LogP contribution < -0.4 is 20.1 Å². The second-order valence-corrected chi connectivity index (χ2v) is 5.81. The van der Waals surface area contributed by atoms with Gasteiger partial charge in [0.05, 0.1) is 13.2 Å². The van der Waals surface area contributed by atoms with Gasteiger partial charge in [-0.1, -0.05) is 15.9 Å². The number of hydrogen-bond acceptors (Lipinski definition) is 4. The van der Waals surface area contributed by atoms with Crippen molar-refractivity contribution in [3.8, 4) is 11.5 Å². The molecule has 2 N–H and O–H groups in total. The van der Waals surface area contributed by atoms with Crippen molar-refractivity contribution in [2.75, 3.05) is 27.2 Å². The van der Waals surface area contributed by atoms with E-state index in [0.29, 0.717) is 0 Å². The first kappa shape index (κ1) is 17.3. The molecular formula is C15H25BrN2O2. The molecule has 0 atom stereocenters. The van der Waals surface area contributed by atoms with Crippen molar-refractivity contribution in [3.05, 3.63) is 22.2 Å². The van der Waals surface area contributed by atoms with Crippen LogP contribution in [0.3, 0.4) is 0 Å². The van der Waals surface area contributed by atoms with Gasteiger partial charge in [0.25, 0.3) is 0 Å². The zero-order valence-corrected chi connectivity index (χ0v) is 14.3. The molecule has 0 bridgehead atoms. The zero-order chi connectivity index (χ0) is 15.0. The molecule has 0 amide bonds. The third-order valence-corrected chi connectivity index (χ3v) is 3.22. The van der Waals surface area contributed by atoms with Crippen LogP contribution in [-0.2, 0) is 6.54 Å². The fourth-order valence-electron chi connectivity index (χ4n) is 1.89. The van der Waals surface area contributed by atoms with Crippen LogP contribution in [-0.4, -0.2) is 33.4 Å². The Kier molecular flexibility index (Phi) is 7.95. The van der Waals surface area contributed by atoms with Gasteiger partial charge in [-0.25, -0.2) is 0 Å². The highest BCUT2D eigenvalue weighted by atomic mass is 79.9. The minimum absolute atomic E-state index is 0.119. The lowest BCUT2D eigenvalue weighted by atomic mass is 10.1. The molecule has 1 aromatic rings. The predicted octanol–water partition coefficient (Wildman–Crippen LogP) is 2.94. The Morgan fingerprint density at radius 3 is 2.60 bits per heavy atom. The second kappa shape index (κ2) is 9.21. The second-order valence-electron chi connectivity index (χ2n) is 4.90. The van der Waals surface area contributed by atoms with Gasteiger partial charge < -0.3 is 20.1 Å². The number of methoxy groups -OCH3 is 1. The van der Waals surface area contributed by atoms with Gasteiger partial charge >= 0.3 is 0 Å². The summed E-state index contributed by atoms with van der Waals surface area (Å²) in [4.78, 5) is 0. The Balaban J connectivity index is 2.78. The maximum atomic E-state index is 5.90. The number of rotatable bonds is 9. The molecule has 0 saturated heterocycles. The van der Waals surface area contributed by atoms with Gasteiger partial charge in [0, 0.05) is 16.6 Å². The lowest BCUT2D eigenvalue weighted by Gasteiger charge is -2.18. The van der Waals surface area contributed by atoms with Crippen LogP contribution in [0.15, 0.2) is 16.6 Å². The first-order valence-electron chi connectivity index (χ1n) is 6.96. The van der Waals surface area contributed by atoms with Crippen molar-refractivity contribution in [1.29, 1.82) is 0 Å². The van der Waals surface area contributed by atoms with Crippen LogP contribution in [0.5, 0.6) is 11.5 Å². The number of ether oxygens (including phenoxy) is 2. The van der Waals surface area contributed by atoms with E-state index in [1.54, 1.807) is 7.11 Å². The molecule has 5 heteroatoms. The van der Waals surface area contributed by atoms with Crippen molar-refractivity contribution in [1.82, 2.24) is 10.6 Å². The maximum absolute atomic E-state index is 5.90. The molecule has 0 unspecified atom stereocenters. The molecule has 0 aromatic heterocycles. The van der Waals surface area contributed by atoms with E-state index in [9.17, 15) is 0 Å². The molecule has 0 aliphatic heterocycles. The van der Waals surface area contributed by atoms with Crippen LogP contribution in [0, 0.1) is 0 Å². The van der Waals surface area contributed by atoms with Gasteiger partial charge in [-0.2, -0.15) is 0 Å². The molecule has 0 fully saturated rings. The van der Waals surface area contributed by atoms with Gasteiger partial charge in [-0.15, -0.1) is 0 Å². The quantitative estimate of drug-likeness (QED) is 0.676. The maximum Gasteiger partial charge on any atom is 0.166 e. The summed E-state index contributed by atoms with van der Waals surface area (Å²) in [5, 5.41) is 6.57. The Morgan fingerprint density at radius 2 is 2.00 bits per heavy atom. The summed E-state index contributed by atoms with van der Waals surface area (Å²) in [6.45, 7) is 6.79. The molecule has 1 aromatic carbocycles. The number of benzene rings is 1. The van der Waals surface area contributed by atoms with Crippen molar-refractivity contribution in [2.24, 2.45) is 0 Å². The van der Waals surface area contributed by atoms with Crippen LogP contribution in [0.4, 0.5) is 0 Å². The van der Waals surface area contributed by atoms with E-state index in [1.165, 1.54) is 0 Å². The first-order valence-corrected chi connectivity index (χ1v) is 7.76. The summed E-state index contributed by atoms with van der Waals surface area (Å²) >= 11 is 3.51. The normalized spacial score (nSPS) is 10.9. The highest BCUT2D eigenvalue weighted by molar-refractivity contribution is 9.10. The number of halogens is 1. The Morgan fingerprint density at radius 1 is 1.25 bits per heavy atom. The van der Waals surface area contributed by atoms with Gasteiger partial charge in [0.2, 0.25) is 0 Å². The standard InChI is InChI=1S/C15H25BrN2O2/c1-11(2)20-15-12(10-18-7-5-6-17-3)8-13(16)9-14(15)19-4/h8-9,11,17-18H,5-7,10H2,1-4H3. The smallest absolute Gasteiger partial charge is 0.166 e. The van der Waals surface area contributed by atoms with Crippen LogP contribution in [0.25, 0.3) is 0 Å². The highest BCUT2D eigenvalue weighted by Gasteiger charge is 2.13. The van der Waals surface area contributed by atoms with Gasteiger partial charge in [-0.3, -0.25) is 0 Å². The molecule has 20 heavy (non-hydrogen) atoms. The fraction of sp³-hybridized carbons (Fsp3) is 0.600. The van der Waals surface area contributed by atoms with Crippen LogP contribution in [0.2, 0.25) is 0 Å². The third kappa shape index (κ3) is 5.69. The topological polar surface area (TPSA) is 42.5 Å². The largest absolute Gasteiger partial charge is 0.493 e. The van der Waals surface area contributed by atoms with E-state index < -0.39 is 0 Å². The summed E-state index contributed by atoms with van der Waals surface area (Å²) in [5.41, 5.74) is 1.11. The fourth-order valence-corrected chi connectivity index (χ4v) is 2.37. The van der Waals surface area contributed by atoms with Crippen molar-refractivity contribution in [2.45, 2.75) is 32.9 Å².